The summed E-state index contributed by atoms with van der Waals surface area (Å²) < 4.78 is 42.5. The summed E-state index contributed by atoms with van der Waals surface area (Å²) in [5.74, 6) is 1.80. The molecule has 3 aromatic carbocycles. The Morgan fingerprint density at radius 3 is 2.50 bits per heavy atom. The summed E-state index contributed by atoms with van der Waals surface area (Å²) >= 11 is 0. The van der Waals surface area contributed by atoms with Crippen molar-refractivity contribution in [1.82, 2.24) is 19.4 Å². The summed E-state index contributed by atoms with van der Waals surface area (Å²) in [6.45, 7) is 5.30. The molecule has 0 unspecified atom stereocenters. The number of aromatic nitrogens is 2. The zero-order valence-corrected chi connectivity index (χ0v) is 27.4. The van der Waals surface area contributed by atoms with Crippen molar-refractivity contribution in [2.45, 2.75) is 44.0 Å². The largest absolute Gasteiger partial charge is 0.488 e. The van der Waals surface area contributed by atoms with E-state index in [-0.39, 0.29) is 36.0 Å². The first-order valence-corrected chi connectivity index (χ1v) is 16.7. The van der Waals surface area contributed by atoms with Crippen LogP contribution in [0, 0.1) is 5.92 Å². The normalized spacial score (nSPS) is 17.8. The molecule has 1 amide bonds. The maximum absolute atomic E-state index is 13.5. The summed E-state index contributed by atoms with van der Waals surface area (Å²) in [5, 5.41) is 9.84. The molecule has 1 aliphatic rings. The maximum atomic E-state index is 13.5. The number of nitrogens with one attached hydrogen (secondary N) is 1. The van der Waals surface area contributed by atoms with Gasteiger partial charge in [-0.3, -0.25) is 14.4 Å². The number of benzene rings is 3. The average molecular weight is 648 g/mol. The van der Waals surface area contributed by atoms with Crippen LogP contribution in [-0.2, 0) is 34.8 Å². The molecule has 0 saturated heterocycles. The molecule has 11 nitrogen and oxygen atoms in total. The highest BCUT2D eigenvalue weighted by atomic mass is 32.2. The molecule has 5 rings (SSSR count). The number of carbonyl (C=O) groups is 1. The highest BCUT2D eigenvalue weighted by molar-refractivity contribution is 7.92. The Hall–Kier alpha value is -4.39. The van der Waals surface area contributed by atoms with Crippen LogP contribution in [0.4, 0.5) is 5.69 Å². The average Bonchev–Trinajstić information content (AvgIpc) is 3.49. The number of aliphatic hydroxyl groups excluding tert-OH is 1. The highest BCUT2D eigenvalue weighted by Gasteiger charge is 2.31. The van der Waals surface area contributed by atoms with E-state index in [1.165, 1.54) is 12.5 Å². The minimum Gasteiger partial charge on any atom is -0.488 e. The van der Waals surface area contributed by atoms with Gasteiger partial charge < -0.3 is 24.0 Å². The lowest BCUT2D eigenvalue weighted by molar-refractivity contribution is -0.134. The number of hydrogen-bond acceptors (Lipinski definition) is 8. The van der Waals surface area contributed by atoms with Gasteiger partial charge in [-0.2, -0.15) is 8.42 Å². The number of imidazole rings is 1. The third kappa shape index (κ3) is 8.25. The van der Waals surface area contributed by atoms with Crippen molar-refractivity contribution in [1.29, 1.82) is 0 Å². The molecular formula is C34H41N5O6S. The van der Waals surface area contributed by atoms with E-state index >= 15 is 0 Å². The van der Waals surface area contributed by atoms with Crippen LogP contribution in [0.1, 0.15) is 25.0 Å². The number of nitrogens with zero attached hydrogens (tertiary/aromatic N) is 4. The van der Waals surface area contributed by atoms with Crippen LogP contribution in [0.3, 0.4) is 0 Å². The summed E-state index contributed by atoms with van der Waals surface area (Å²) in [7, 11) is -0.224. The summed E-state index contributed by atoms with van der Waals surface area (Å²) in [6, 6.07) is 22.2. The van der Waals surface area contributed by atoms with E-state index in [0.717, 1.165) is 17.1 Å². The van der Waals surface area contributed by atoms with Gasteiger partial charge in [0.05, 0.1) is 25.4 Å². The fourth-order valence-electron chi connectivity index (χ4n) is 5.42. The molecule has 0 bridgehead atoms. The smallest absolute Gasteiger partial charge is 0.280 e. The first-order chi connectivity index (χ1) is 22.0. The lowest BCUT2D eigenvalue weighted by atomic mass is 10.0. The Kier molecular flexibility index (Phi) is 10.3. The number of fused-ring (bicyclic) bond motifs is 1. The molecule has 244 valence electrons. The number of hydrogen-bond donors (Lipinski definition) is 2. The van der Waals surface area contributed by atoms with Crippen molar-refractivity contribution >= 4 is 21.6 Å². The molecule has 3 atom stereocenters. The van der Waals surface area contributed by atoms with Gasteiger partial charge in [0.1, 0.15) is 23.4 Å². The van der Waals surface area contributed by atoms with Crippen molar-refractivity contribution in [2.75, 3.05) is 31.5 Å². The van der Waals surface area contributed by atoms with Gasteiger partial charge in [-0.15, -0.1) is 0 Å². The zero-order valence-electron chi connectivity index (χ0n) is 26.5. The van der Waals surface area contributed by atoms with E-state index in [9.17, 15) is 18.3 Å². The number of likely N-dealkylation sites (N-methyl/N-ethyl adjacent to an activating group) is 1. The number of ether oxygens (including phenoxy) is 2. The molecule has 2 N–H and O–H groups in total. The number of aliphatic hydroxyl groups is 1. The Labute approximate surface area is 270 Å². The number of amides is 1. The third-order valence-corrected chi connectivity index (χ3v) is 9.24. The SMILES string of the molecule is C[C@H](CO)N1C[C@H](C)[C@@H](CN(C)Cc2ccc(Oc3ccccc3)cc2)Oc2ccc(NS(=O)(=O)c3cn(C)cn3)cc2CC1=O. The van der Waals surface area contributed by atoms with Crippen molar-refractivity contribution in [3.63, 3.8) is 0 Å². The van der Waals surface area contributed by atoms with Crippen LogP contribution in [0.2, 0.25) is 0 Å². The van der Waals surface area contributed by atoms with Crippen molar-refractivity contribution in [2.24, 2.45) is 13.0 Å². The molecule has 12 heteroatoms. The molecule has 0 radical (unpaired) electrons. The van der Waals surface area contributed by atoms with Crippen LogP contribution in [0.15, 0.2) is 90.3 Å². The van der Waals surface area contributed by atoms with Gasteiger partial charge in [-0.1, -0.05) is 37.3 Å². The second-order valence-corrected chi connectivity index (χ2v) is 13.6. The molecule has 1 aromatic heterocycles. The Balaban J connectivity index is 1.34. The van der Waals surface area contributed by atoms with E-state index in [1.54, 1.807) is 34.7 Å². The zero-order chi connectivity index (χ0) is 32.8. The maximum Gasteiger partial charge on any atom is 0.280 e. The number of sulfonamides is 1. The van der Waals surface area contributed by atoms with Crippen molar-refractivity contribution in [3.05, 3.63) is 96.4 Å². The molecule has 2 heterocycles. The molecule has 1 aliphatic heterocycles. The van der Waals surface area contributed by atoms with Crippen LogP contribution in [0.25, 0.3) is 0 Å². The van der Waals surface area contributed by atoms with Gasteiger partial charge in [0, 0.05) is 50.0 Å². The van der Waals surface area contributed by atoms with Gasteiger partial charge in [0.2, 0.25) is 5.91 Å². The predicted molar refractivity (Wildman–Crippen MR) is 175 cm³/mol. The Morgan fingerprint density at radius 1 is 1.11 bits per heavy atom. The molecule has 0 aliphatic carbocycles. The fourth-order valence-corrected chi connectivity index (χ4v) is 6.45. The first-order valence-electron chi connectivity index (χ1n) is 15.2. The van der Waals surface area contributed by atoms with Gasteiger partial charge >= 0.3 is 0 Å². The van der Waals surface area contributed by atoms with Crippen LogP contribution >= 0.6 is 0 Å². The summed E-state index contributed by atoms with van der Waals surface area (Å²) in [4.78, 5) is 21.4. The number of anilines is 1. The quantitative estimate of drug-likeness (QED) is 0.247. The van der Waals surface area contributed by atoms with Crippen LogP contribution in [0.5, 0.6) is 17.2 Å². The van der Waals surface area contributed by atoms with E-state index in [0.29, 0.717) is 36.6 Å². The minimum absolute atomic E-state index is 0.00842. The van der Waals surface area contributed by atoms with E-state index in [4.69, 9.17) is 9.47 Å². The second-order valence-electron chi connectivity index (χ2n) is 11.9. The fraction of sp³-hybridized carbons (Fsp3) is 0.353. The topological polar surface area (TPSA) is 126 Å². The molecule has 0 spiro atoms. The number of carbonyl (C=O) groups excluding carboxylic acids is 1. The lowest BCUT2D eigenvalue weighted by Crippen LogP contribution is -2.47. The van der Waals surface area contributed by atoms with Crippen LogP contribution < -0.4 is 14.2 Å². The lowest BCUT2D eigenvalue weighted by Gasteiger charge is -2.34. The van der Waals surface area contributed by atoms with Crippen LogP contribution in [-0.4, -0.2) is 77.7 Å². The minimum atomic E-state index is -3.93. The molecule has 4 aromatic rings. The Morgan fingerprint density at radius 2 is 1.83 bits per heavy atom. The first kappa shape index (κ1) is 33.0. The Bertz CT molecular complexity index is 1730. The molecule has 0 saturated carbocycles. The highest BCUT2D eigenvalue weighted by Crippen LogP contribution is 2.30. The van der Waals surface area contributed by atoms with Gasteiger partial charge in [-0.25, -0.2) is 4.98 Å². The third-order valence-electron chi connectivity index (χ3n) is 7.97. The number of para-hydroxylation sites is 1. The molecule has 46 heavy (non-hydrogen) atoms. The van der Waals surface area contributed by atoms with E-state index < -0.39 is 16.1 Å². The van der Waals surface area contributed by atoms with Gasteiger partial charge in [0.25, 0.3) is 10.0 Å². The molecule has 0 fully saturated rings. The van der Waals surface area contributed by atoms with Crippen molar-refractivity contribution < 1.29 is 27.8 Å². The van der Waals surface area contributed by atoms with E-state index in [2.05, 4.69) is 14.6 Å². The van der Waals surface area contributed by atoms with Gasteiger partial charge in [0.15, 0.2) is 5.03 Å². The second kappa shape index (κ2) is 14.4. The molecular weight excluding hydrogens is 606 g/mol. The standard InChI is InChI=1S/C34H41N5O6S/c1-24-18-39(25(2)22-40)34(41)17-27-16-28(36-46(42,43)33-21-38(4)23-35-33)12-15-31(27)45-32(24)20-37(3)19-26-10-13-30(14-11-26)44-29-8-6-5-7-9-29/h5-16,21,23-25,32,36,40H,17-20,22H2,1-4H3/t24-,25+,32+/m0/s1. The van der Waals surface area contributed by atoms with Crippen molar-refractivity contribution in [3.8, 4) is 17.2 Å². The predicted octanol–water partition coefficient (Wildman–Crippen LogP) is 4.29. The van der Waals surface area contributed by atoms with E-state index in [1.807, 2.05) is 75.5 Å². The number of rotatable bonds is 11. The van der Waals surface area contributed by atoms with Gasteiger partial charge in [-0.05, 0) is 62.0 Å². The monoisotopic (exact) mass is 647 g/mol. The number of aryl methyl sites for hydroxylation is 1. The summed E-state index contributed by atoms with van der Waals surface area (Å²) in [5.41, 5.74) is 1.95. The summed E-state index contributed by atoms with van der Waals surface area (Å²) in [6.07, 6.45) is 2.51.